The zero-order valence-electron chi connectivity index (χ0n) is 18.4. The van der Waals surface area contributed by atoms with Crippen LogP contribution in [0, 0.1) is 0 Å². The summed E-state index contributed by atoms with van der Waals surface area (Å²) < 4.78 is 1.12. The molecule has 0 N–H and O–H groups in total. The summed E-state index contributed by atoms with van der Waals surface area (Å²) in [6, 6.07) is 47.3. The van der Waals surface area contributed by atoms with Gasteiger partial charge in [0.15, 0.2) is 0 Å². The van der Waals surface area contributed by atoms with E-state index in [1.54, 1.807) is 0 Å². The number of fused-ring (bicyclic) bond motifs is 5. The lowest BCUT2D eigenvalue weighted by molar-refractivity contribution is 1.31. The van der Waals surface area contributed by atoms with E-state index in [0.717, 1.165) is 4.47 Å². The smallest absolute Gasteiger partial charge is 0.0186 e. The van der Waals surface area contributed by atoms with Gasteiger partial charge in [-0.05, 0) is 75.1 Å². The van der Waals surface area contributed by atoms with Crippen LogP contribution < -0.4 is 0 Å². The second-order valence-corrected chi connectivity index (χ2v) is 12.7. The molecule has 2 heteroatoms. The maximum absolute atomic E-state index is 3.80. The zero-order chi connectivity index (χ0) is 22.7. The van der Waals surface area contributed by atoms with Gasteiger partial charge >= 0.3 is 0 Å². The van der Waals surface area contributed by atoms with Crippen LogP contribution in [0.5, 0.6) is 0 Å². The molecule has 0 saturated heterocycles. The number of hydrogen-bond donors (Lipinski definition) is 0. The quantitative estimate of drug-likeness (QED) is 0.214. The van der Waals surface area contributed by atoms with Gasteiger partial charge < -0.3 is 0 Å². The molecule has 0 fully saturated rings. The van der Waals surface area contributed by atoms with Crippen molar-refractivity contribution in [2.75, 3.05) is 0 Å². The van der Waals surface area contributed by atoms with Crippen LogP contribution in [0.15, 0.2) is 151 Å². The molecule has 0 atom stereocenters. The fourth-order valence-electron chi connectivity index (χ4n) is 5.41. The summed E-state index contributed by atoms with van der Waals surface area (Å²) in [7, 11) is -1.67. The van der Waals surface area contributed by atoms with Gasteiger partial charge in [-0.25, -0.2) is 0 Å². The first-order chi connectivity index (χ1) is 16.7. The molecule has 1 aliphatic rings. The van der Waals surface area contributed by atoms with E-state index in [1.807, 2.05) is 0 Å². The molecule has 1 heterocycles. The third-order valence-electron chi connectivity index (χ3n) is 6.93. The van der Waals surface area contributed by atoms with Gasteiger partial charge in [0.05, 0.1) is 0 Å². The zero-order valence-corrected chi connectivity index (χ0v) is 20.8. The van der Waals surface area contributed by atoms with Crippen LogP contribution >= 0.6 is 26.0 Å². The summed E-state index contributed by atoms with van der Waals surface area (Å²) in [6.45, 7) is 0. The van der Waals surface area contributed by atoms with E-state index in [-0.39, 0.29) is 0 Å². The predicted octanol–water partition coefficient (Wildman–Crippen LogP) is 10.1. The van der Waals surface area contributed by atoms with Crippen molar-refractivity contribution in [1.82, 2.24) is 0 Å². The van der Waals surface area contributed by atoms with E-state index in [0.29, 0.717) is 0 Å². The normalized spacial score (nSPS) is 14.6. The second-order valence-electron chi connectivity index (χ2n) is 8.77. The summed E-state index contributed by atoms with van der Waals surface area (Å²) in [5.74, 6) is 0. The van der Waals surface area contributed by atoms with E-state index >= 15 is 0 Å². The molecular weight excluding hydrogens is 496 g/mol. The van der Waals surface area contributed by atoms with Crippen LogP contribution in [0.4, 0.5) is 0 Å². The first kappa shape index (κ1) is 20.1. The van der Waals surface area contributed by atoms with Crippen molar-refractivity contribution in [3.63, 3.8) is 0 Å². The first-order valence-electron chi connectivity index (χ1n) is 11.5. The topological polar surface area (TPSA) is 0 Å². The Labute approximate surface area is 209 Å². The number of halogens is 1. The minimum atomic E-state index is -1.67. The lowest BCUT2D eigenvalue weighted by Crippen LogP contribution is -2.02. The lowest BCUT2D eigenvalue weighted by Gasteiger charge is -2.39. The summed E-state index contributed by atoms with van der Waals surface area (Å²) in [6.07, 6.45) is 0. The molecule has 0 unspecified atom stereocenters. The Kier molecular flexibility index (Phi) is 4.48. The average molecular weight is 517 g/mol. The highest BCUT2D eigenvalue weighted by atomic mass is 79.9. The van der Waals surface area contributed by atoms with Gasteiger partial charge in [0.25, 0.3) is 0 Å². The highest BCUT2D eigenvalue weighted by molar-refractivity contribution is 9.10. The highest BCUT2D eigenvalue weighted by Crippen LogP contribution is 2.80. The largest absolute Gasteiger partial charge is 0.132 e. The Morgan fingerprint density at radius 2 is 0.941 bits per heavy atom. The van der Waals surface area contributed by atoms with Crippen LogP contribution in [-0.4, -0.2) is 0 Å². The maximum Gasteiger partial charge on any atom is 0.0186 e. The molecule has 34 heavy (non-hydrogen) atoms. The van der Waals surface area contributed by atoms with E-state index in [4.69, 9.17) is 0 Å². The average Bonchev–Trinajstić information content (AvgIpc) is 3.18. The van der Waals surface area contributed by atoms with E-state index in [1.165, 1.54) is 52.3 Å². The van der Waals surface area contributed by atoms with Crippen LogP contribution in [0.25, 0.3) is 32.7 Å². The van der Waals surface area contributed by atoms with Gasteiger partial charge in [-0.2, -0.15) is 0 Å². The van der Waals surface area contributed by atoms with Crippen LogP contribution in [0.3, 0.4) is 0 Å². The lowest BCUT2D eigenvalue weighted by atomic mass is 10.1. The molecular formula is C32H21BrS. The Hall–Kier alpha value is -3.33. The fourth-order valence-corrected chi connectivity index (χ4v) is 10.2. The van der Waals surface area contributed by atoms with Gasteiger partial charge in [0.2, 0.25) is 0 Å². The number of rotatable bonds is 2. The van der Waals surface area contributed by atoms with Crippen molar-refractivity contribution in [2.24, 2.45) is 0 Å². The molecule has 1 aliphatic heterocycles. The minimum absolute atomic E-state index is 1.12. The van der Waals surface area contributed by atoms with Gasteiger partial charge in [0, 0.05) is 24.1 Å². The molecule has 162 valence electrons. The Balaban J connectivity index is 1.66. The maximum atomic E-state index is 3.80. The Morgan fingerprint density at radius 1 is 0.412 bits per heavy atom. The third kappa shape index (κ3) is 2.79. The molecule has 6 aromatic carbocycles. The minimum Gasteiger partial charge on any atom is -0.132 e. The molecule has 0 nitrogen and oxygen atoms in total. The van der Waals surface area contributed by atoms with Gasteiger partial charge in [-0.3, -0.25) is 0 Å². The molecule has 0 aromatic heterocycles. The number of hydrogen-bond acceptors (Lipinski definition) is 0. The van der Waals surface area contributed by atoms with Crippen LogP contribution in [0.1, 0.15) is 0 Å². The van der Waals surface area contributed by atoms with Gasteiger partial charge in [0.1, 0.15) is 0 Å². The first-order valence-corrected chi connectivity index (χ1v) is 13.9. The SMILES string of the molecule is Brc1ccc2c(c1)S(c1ccc3ccccc3c1)(c1ccc3ccccc3c1)c1ccccc1-2. The van der Waals surface area contributed by atoms with Crippen molar-refractivity contribution in [3.05, 3.63) is 132 Å². The number of benzene rings is 6. The Morgan fingerprint density at radius 3 is 1.59 bits per heavy atom. The molecule has 0 saturated carbocycles. The molecule has 0 radical (unpaired) electrons. The summed E-state index contributed by atoms with van der Waals surface area (Å²) in [5, 5.41) is 5.13. The Bertz CT molecular complexity index is 1650. The predicted molar refractivity (Wildman–Crippen MR) is 148 cm³/mol. The van der Waals surface area contributed by atoms with Gasteiger partial charge in [-0.1, -0.05) is 101 Å². The van der Waals surface area contributed by atoms with Gasteiger partial charge in [-0.15, -0.1) is 10.0 Å². The second kappa shape index (κ2) is 7.59. The van der Waals surface area contributed by atoms with Crippen LogP contribution in [-0.2, 0) is 0 Å². The summed E-state index contributed by atoms with van der Waals surface area (Å²) in [4.78, 5) is 5.60. The highest BCUT2D eigenvalue weighted by Gasteiger charge is 2.42. The summed E-state index contributed by atoms with van der Waals surface area (Å²) >= 11 is 3.80. The fraction of sp³-hybridized carbons (Fsp3) is 0. The van der Waals surface area contributed by atoms with Crippen molar-refractivity contribution >= 4 is 47.5 Å². The summed E-state index contributed by atoms with van der Waals surface area (Å²) in [5.41, 5.74) is 2.69. The molecule has 0 amide bonds. The van der Waals surface area contributed by atoms with Crippen LogP contribution in [0.2, 0.25) is 0 Å². The van der Waals surface area contributed by atoms with Crippen molar-refractivity contribution < 1.29 is 0 Å². The molecule has 6 aromatic rings. The van der Waals surface area contributed by atoms with Crippen molar-refractivity contribution in [1.29, 1.82) is 0 Å². The molecule has 0 bridgehead atoms. The third-order valence-corrected chi connectivity index (χ3v) is 11.4. The molecule has 0 spiro atoms. The molecule has 0 aliphatic carbocycles. The van der Waals surface area contributed by atoms with E-state index in [2.05, 4.69) is 143 Å². The van der Waals surface area contributed by atoms with E-state index in [9.17, 15) is 0 Å². The monoisotopic (exact) mass is 516 g/mol. The van der Waals surface area contributed by atoms with Crippen molar-refractivity contribution in [2.45, 2.75) is 19.6 Å². The van der Waals surface area contributed by atoms with Crippen molar-refractivity contribution in [3.8, 4) is 11.1 Å². The van der Waals surface area contributed by atoms with E-state index < -0.39 is 10.0 Å². The standard InChI is InChI=1S/C32H21BrS/c33-26-15-18-30-29-11-5-6-12-31(29)34(32(30)21-26,27-16-13-22-7-1-3-9-24(22)19-27)28-17-14-23-8-2-4-10-25(23)20-28/h1-21H. The molecule has 7 rings (SSSR count).